The maximum atomic E-state index is 9.78. The molecular formula is C21H19O2Y-. The van der Waals surface area contributed by atoms with E-state index in [1.54, 1.807) is 7.11 Å². The van der Waals surface area contributed by atoms with E-state index in [9.17, 15) is 5.11 Å². The normalized spacial score (nSPS) is 10.1. The summed E-state index contributed by atoms with van der Waals surface area (Å²) < 4.78 is 5.23. The second kappa shape index (κ2) is 8.57. The van der Waals surface area contributed by atoms with E-state index in [0.717, 1.165) is 27.8 Å². The first kappa shape index (κ1) is 18.9. The summed E-state index contributed by atoms with van der Waals surface area (Å²) in [6.07, 6.45) is 0. The van der Waals surface area contributed by atoms with Crippen molar-refractivity contribution in [3.05, 3.63) is 77.9 Å². The van der Waals surface area contributed by atoms with E-state index in [-0.39, 0.29) is 39.3 Å². The van der Waals surface area contributed by atoms with Crippen LogP contribution in [0.3, 0.4) is 0 Å². The zero-order valence-corrected chi connectivity index (χ0v) is 16.8. The Morgan fingerprint density at radius 3 is 2.25 bits per heavy atom. The van der Waals surface area contributed by atoms with Gasteiger partial charge in [-0.2, -0.15) is 12.1 Å². The summed E-state index contributed by atoms with van der Waals surface area (Å²) in [7, 11) is 1.63. The Balaban J connectivity index is 0.00000208. The largest absolute Gasteiger partial charge is 0.523 e. The third kappa shape index (κ3) is 4.13. The Bertz CT molecular complexity index is 810. The SMILES string of the molecule is COc1[c-]ccc(-c2ccc(-c3ccc(C)cc3)c(CO)c2)c1.[Y]. The number of benzene rings is 3. The summed E-state index contributed by atoms with van der Waals surface area (Å²) in [6.45, 7) is 2.08. The van der Waals surface area contributed by atoms with Crippen molar-refractivity contribution in [1.29, 1.82) is 0 Å². The van der Waals surface area contributed by atoms with Crippen LogP contribution in [0.15, 0.2) is 60.7 Å². The van der Waals surface area contributed by atoms with Crippen LogP contribution >= 0.6 is 0 Å². The molecule has 0 aliphatic heterocycles. The first-order valence-electron chi connectivity index (χ1n) is 7.58. The Morgan fingerprint density at radius 2 is 1.58 bits per heavy atom. The predicted molar refractivity (Wildman–Crippen MR) is 93.4 cm³/mol. The van der Waals surface area contributed by atoms with Crippen molar-refractivity contribution in [3.63, 3.8) is 0 Å². The van der Waals surface area contributed by atoms with Gasteiger partial charge in [0.25, 0.3) is 0 Å². The summed E-state index contributed by atoms with van der Waals surface area (Å²) in [5.74, 6) is 0.704. The van der Waals surface area contributed by atoms with Gasteiger partial charge in [0.2, 0.25) is 0 Å². The smallest absolute Gasteiger partial charge is 0.0743 e. The van der Waals surface area contributed by atoms with Crippen LogP contribution in [-0.2, 0) is 39.3 Å². The summed E-state index contributed by atoms with van der Waals surface area (Å²) in [5.41, 5.74) is 6.42. The van der Waals surface area contributed by atoms with Crippen LogP contribution in [0.1, 0.15) is 11.1 Å². The Kier molecular flexibility index (Phi) is 6.73. The monoisotopic (exact) mass is 392 g/mol. The Labute approximate surface area is 168 Å². The molecule has 1 N–H and O–H groups in total. The molecule has 3 aromatic rings. The molecule has 0 bridgehead atoms. The average Bonchev–Trinajstić information content (AvgIpc) is 2.62. The van der Waals surface area contributed by atoms with Crippen LogP contribution in [0.4, 0.5) is 0 Å². The van der Waals surface area contributed by atoms with E-state index in [1.807, 2.05) is 24.3 Å². The molecule has 0 saturated heterocycles. The molecule has 0 saturated carbocycles. The molecule has 0 aliphatic carbocycles. The van der Waals surface area contributed by atoms with Gasteiger partial charge in [-0.15, -0.1) is 17.7 Å². The van der Waals surface area contributed by atoms with Crippen molar-refractivity contribution in [1.82, 2.24) is 0 Å². The van der Waals surface area contributed by atoms with Crippen LogP contribution in [-0.4, -0.2) is 12.2 Å². The fourth-order valence-corrected chi connectivity index (χ4v) is 2.66. The topological polar surface area (TPSA) is 29.5 Å². The molecule has 0 unspecified atom stereocenters. The van der Waals surface area contributed by atoms with Gasteiger partial charge >= 0.3 is 0 Å². The molecule has 0 aliphatic rings. The molecule has 0 heterocycles. The van der Waals surface area contributed by atoms with E-state index < -0.39 is 0 Å². The van der Waals surface area contributed by atoms with Crippen molar-refractivity contribution in [3.8, 4) is 28.0 Å². The second-order valence-corrected chi connectivity index (χ2v) is 5.54. The van der Waals surface area contributed by atoms with E-state index in [4.69, 9.17) is 4.74 Å². The quantitative estimate of drug-likeness (QED) is 0.657. The number of hydrogen-bond acceptors (Lipinski definition) is 2. The molecule has 0 aromatic heterocycles. The molecule has 0 spiro atoms. The molecule has 3 rings (SSSR count). The number of aryl methyl sites for hydroxylation is 1. The van der Waals surface area contributed by atoms with E-state index in [0.29, 0.717) is 5.75 Å². The first-order chi connectivity index (χ1) is 11.2. The molecule has 0 fully saturated rings. The minimum absolute atomic E-state index is 0. The molecular weight excluding hydrogens is 373 g/mol. The molecule has 24 heavy (non-hydrogen) atoms. The minimum Gasteiger partial charge on any atom is -0.523 e. The van der Waals surface area contributed by atoms with Crippen molar-refractivity contribution in [2.45, 2.75) is 13.5 Å². The fourth-order valence-electron chi connectivity index (χ4n) is 2.66. The standard InChI is InChI=1S/C21H19O2.Y/c1-15-6-8-16(9-7-15)21-11-10-18(12-19(21)14-22)17-4-3-5-20(13-17)23-2;/h3-4,6-13,22H,14H2,1-2H3;/q-1;. The zero-order valence-electron chi connectivity index (χ0n) is 13.9. The van der Waals surface area contributed by atoms with Crippen molar-refractivity contribution >= 4 is 0 Å². The number of aliphatic hydroxyl groups is 1. The fraction of sp³-hybridized carbons (Fsp3) is 0.143. The number of aliphatic hydroxyl groups excluding tert-OH is 1. The van der Waals surface area contributed by atoms with Crippen LogP contribution in [0, 0.1) is 13.0 Å². The third-order valence-corrected chi connectivity index (χ3v) is 3.97. The first-order valence-corrected chi connectivity index (χ1v) is 7.58. The summed E-state index contributed by atoms with van der Waals surface area (Å²) >= 11 is 0. The van der Waals surface area contributed by atoms with Gasteiger partial charge in [0.1, 0.15) is 0 Å². The summed E-state index contributed by atoms with van der Waals surface area (Å²) in [6, 6.07) is 23.3. The number of hydrogen-bond donors (Lipinski definition) is 1. The van der Waals surface area contributed by atoms with Crippen LogP contribution in [0.25, 0.3) is 22.3 Å². The second-order valence-electron chi connectivity index (χ2n) is 5.54. The number of ether oxygens (including phenoxy) is 1. The van der Waals surface area contributed by atoms with E-state index in [1.165, 1.54) is 5.56 Å². The van der Waals surface area contributed by atoms with E-state index in [2.05, 4.69) is 49.4 Å². The van der Waals surface area contributed by atoms with Crippen LogP contribution in [0.2, 0.25) is 0 Å². The maximum absolute atomic E-state index is 9.78. The van der Waals surface area contributed by atoms with Crippen molar-refractivity contribution in [2.24, 2.45) is 0 Å². The van der Waals surface area contributed by atoms with Crippen molar-refractivity contribution < 1.29 is 42.6 Å². The van der Waals surface area contributed by atoms with E-state index >= 15 is 0 Å². The zero-order chi connectivity index (χ0) is 16.2. The van der Waals surface area contributed by atoms with Gasteiger partial charge in [-0.05, 0) is 29.2 Å². The third-order valence-electron chi connectivity index (χ3n) is 3.97. The van der Waals surface area contributed by atoms with Crippen LogP contribution < -0.4 is 4.74 Å². The van der Waals surface area contributed by atoms with Gasteiger partial charge in [-0.25, -0.2) is 0 Å². The number of rotatable bonds is 4. The summed E-state index contributed by atoms with van der Waals surface area (Å²) in [5, 5.41) is 9.78. The minimum atomic E-state index is 0. The van der Waals surface area contributed by atoms with Gasteiger partial charge in [0.15, 0.2) is 0 Å². The Morgan fingerprint density at radius 1 is 0.917 bits per heavy atom. The van der Waals surface area contributed by atoms with Crippen molar-refractivity contribution in [2.75, 3.05) is 7.11 Å². The maximum Gasteiger partial charge on any atom is 0.0743 e. The van der Waals surface area contributed by atoms with Gasteiger partial charge in [-0.3, -0.25) is 0 Å². The molecule has 1 radical (unpaired) electrons. The Hall–Kier alpha value is -1.48. The molecule has 2 nitrogen and oxygen atoms in total. The van der Waals surface area contributed by atoms with Gasteiger partial charge in [0, 0.05) is 38.5 Å². The molecule has 3 heteroatoms. The van der Waals surface area contributed by atoms with Crippen LogP contribution in [0.5, 0.6) is 5.75 Å². The molecule has 0 amide bonds. The van der Waals surface area contributed by atoms with Gasteiger partial charge in [0.05, 0.1) is 13.7 Å². The number of methoxy groups -OCH3 is 1. The molecule has 0 atom stereocenters. The predicted octanol–water partition coefficient (Wildman–Crippen LogP) is 4.63. The molecule has 3 aromatic carbocycles. The summed E-state index contributed by atoms with van der Waals surface area (Å²) in [4.78, 5) is 0. The average molecular weight is 392 g/mol. The van der Waals surface area contributed by atoms with Gasteiger partial charge in [-0.1, -0.05) is 48.0 Å². The molecule has 119 valence electrons. The van der Waals surface area contributed by atoms with Gasteiger partial charge < -0.3 is 9.84 Å².